The highest BCUT2D eigenvalue weighted by Gasteiger charge is 2.10. The molecule has 1 aromatic heterocycles. The first-order valence-electron chi connectivity index (χ1n) is 6.24. The monoisotopic (exact) mass is 277 g/mol. The van der Waals surface area contributed by atoms with E-state index >= 15 is 0 Å². The molecule has 0 unspecified atom stereocenters. The minimum absolute atomic E-state index is 0.628. The number of azo groups is 1. The zero-order valence-corrected chi connectivity index (χ0v) is 12.8. The Labute approximate surface area is 119 Å². The maximum Gasteiger partial charge on any atom is 0.208 e. The smallest absolute Gasteiger partial charge is 0.208 e. The maximum absolute atomic E-state index is 4.20. The van der Waals surface area contributed by atoms with Gasteiger partial charge in [0.2, 0.25) is 5.00 Å². The number of aryl methyl sites for hydroxylation is 2. The van der Waals surface area contributed by atoms with Crippen molar-refractivity contribution in [2.75, 3.05) is 7.05 Å². The number of hydrogen-bond donors (Lipinski definition) is 1. The van der Waals surface area contributed by atoms with Crippen LogP contribution in [0.2, 0.25) is 0 Å². The molecule has 19 heavy (non-hydrogen) atoms. The lowest BCUT2D eigenvalue weighted by Crippen LogP contribution is -2.29. The minimum atomic E-state index is 0.628. The molecule has 0 saturated heterocycles. The molecule has 0 aliphatic rings. The first-order valence-corrected chi connectivity index (χ1v) is 7.01. The van der Waals surface area contributed by atoms with Gasteiger partial charge >= 0.3 is 0 Å². The molecule has 0 fully saturated rings. The van der Waals surface area contributed by atoms with E-state index in [2.05, 4.69) is 39.9 Å². The molecule has 0 aliphatic carbocycles. The summed E-state index contributed by atoms with van der Waals surface area (Å²) in [5, 5.41) is 12.3. The van der Waals surface area contributed by atoms with Gasteiger partial charge in [-0.05, 0) is 26.0 Å². The average Bonchev–Trinajstić information content (AvgIpc) is 2.78. The van der Waals surface area contributed by atoms with Crippen LogP contribution >= 0.6 is 11.5 Å². The van der Waals surface area contributed by atoms with Crippen LogP contribution in [0, 0.1) is 6.92 Å². The number of hydrogen-bond acceptors (Lipinski definition) is 4. The number of likely N-dealkylation sites (N-methyl/N-ethyl adjacent to an activating group) is 1. The summed E-state index contributed by atoms with van der Waals surface area (Å²) >= 11 is 1.60. The van der Waals surface area contributed by atoms with Crippen molar-refractivity contribution in [2.45, 2.75) is 27.3 Å². The molecule has 5 heteroatoms. The van der Waals surface area contributed by atoms with Gasteiger partial charge in [0.1, 0.15) is 0 Å². The van der Waals surface area contributed by atoms with Crippen LogP contribution in [0.5, 0.6) is 0 Å². The Bertz CT molecular complexity index is 524. The summed E-state index contributed by atoms with van der Waals surface area (Å²) < 4.78 is 2.17. The predicted molar refractivity (Wildman–Crippen MR) is 80.5 cm³/mol. The molecule has 1 rings (SSSR count). The van der Waals surface area contributed by atoms with Gasteiger partial charge in [0.25, 0.3) is 0 Å². The Hall–Kier alpha value is -1.75. The van der Waals surface area contributed by atoms with Crippen molar-refractivity contribution < 1.29 is 3.96 Å². The molecular weight excluding hydrogens is 256 g/mol. The second kappa shape index (κ2) is 7.63. The SMILES string of the molecule is C=C(/C=C\C(=C/C)NC)N=Nc1cc(C)[n+](CC)s1. The lowest BCUT2D eigenvalue weighted by atomic mass is 10.3. The average molecular weight is 277 g/mol. The van der Waals surface area contributed by atoms with Crippen LogP contribution in [-0.4, -0.2) is 7.05 Å². The van der Waals surface area contributed by atoms with E-state index in [1.54, 1.807) is 11.5 Å². The summed E-state index contributed by atoms with van der Waals surface area (Å²) in [6.45, 7) is 11.0. The maximum atomic E-state index is 4.20. The topological polar surface area (TPSA) is 40.6 Å². The van der Waals surface area contributed by atoms with E-state index in [1.165, 1.54) is 5.69 Å². The summed E-state index contributed by atoms with van der Waals surface area (Å²) in [4.78, 5) is 0. The summed E-state index contributed by atoms with van der Waals surface area (Å²) in [6, 6.07) is 2.03. The molecule has 0 spiro atoms. The number of nitrogens with zero attached hydrogens (tertiary/aromatic N) is 3. The molecule has 0 atom stereocenters. The van der Waals surface area contributed by atoms with Crippen LogP contribution < -0.4 is 9.27 Å². The van der Waals surface area contributed by atoms with Crippen LogP contribution in [0.25, 0.3) is 0 Å². The number of rotatable bonds is 6. The minimum Gasteiger partial charge on any atom is -0.388 e. The van der Waals surface area contributed by atoms with Crippen LogP contribution in [0.3, 0.4) is 0 Å². The van der Waals surface area contributed by atoms with E-state index in [4.69, 9.17) is 0 Å². The highest BCUT2D eigenvalue weighted by Crippen LogP contribution is 2.19. The van der Waals surface area contributed by atoms with Crippen molar-refractivity contribution in [3.05, 3.63) is 48.0 Å². The van der Waals surface area contributed by atoms with E-state index in [0.29, 0.717) is 5.70 Å². The Morgan fingerprint density at radius 2 is 2.26 bits per heavy atom. The van der Waals surface area contributed by atoms with Crippen molar-refractivity contribution in [1.29, 1.82) is 0 Å². The number of nitrogens with one attached hydrogen (secondary N) is 1. The quantitative estimate of drug-likeness (QED) is 0.481. The van der Waals surface area contributed by atoms with Gasteiger partial charge < -0.3 is 5.32 Å². The summed E-state index contributed by atoms with van der Waals surface area (Å²) in [6.07, 6.45) is 5.74. The summed E-state index contributed by atoms with van der Waals surface area (Å²) in [7, 11) is 1.88. The number of allylic oxidation sites excluding steroid dienone is 3. The van der Waals surface area contributed by atoms with Gasteiger partial charge in [-0.1, -0.05) is 12.7 Å². The first-order chi connectivity index (χ1) is 9.10. The molecule has 1 aromatic rings. The largest absolute Gasteiger partial charge is 0.388 e. The van der Waals surface area contributed by atoms with Gasteiger partial charge in [0.05, 0.1) is 5.70 Å². The third-order valence-corrected chi connectivity index (χ3v) is 3.70. The van der Waals surface area contributed by atoms with Gasteiger partial charge in [-0.25, -0.2) is 0 Å². The van der Waals surface area contributed by atoms with Gasteiger partial charge in [-0.15, -0.1) is 9.07 Å². The van der Waals surface area contributed by atoms with Gasteiger partial charge in [-0.2, -0.15) is 5.11 Å². The highest BCUT2D eigenvalue weighted by atomic mass is 32.1. The Balaban J connectivity index is 2.68. The molecule has 0 radical (unpaired) electrons. The van der Waals surface area contributed by atoms with Gasteiger partial charge in [0.15, 0.2) is 23.8 Å². The standard InChI is InChI=1S/C14H21N4S/c1-6-13(15-5)9-8-11(3)16-17-14-10-12(4)18(7-2)19-14/h6,8-10,15H,3,7H2,1-2,4-5H3/q+1/b9-8-,13-6+. The fourth-order valence-electron chi connectivity index (χ4n) is 1.48. The highest BCUT2D eigenvalue weighted by molar-refractivity contribution is 7.06. The Morgan fingerprint density at radius 3 is 2.79 bits per heavy atom. The van der Waals surface area contributed by atoms with Crippen molar-refractivity contribution in [3.63, 3.8) is 0 Å². The molecule has 0 saturated carbocycles. The zero-order valence-electron chi connectivity index (χ0n) is 12.0. The predicted octanol–water partition coefficient (Wildman–Crippen LogP) is 3.64. The molecule has 0 bridgehead atoms. The van der Waals surface area contributed by atoms with Crippen molar-refractivity contribution >= 4 is 16.5 Å². The van der Waals surface area contributed by atoms with Crippen LogP contribution in [0.4, 0.5) is 5.00 Å². The molecule has 0 aliphatic heterocycles. The lowest BCUT2D eigenvalue weighted by Gasteiger charge is -1.97. The second-order valence-corrected chi connectivity index (χ2v) is 4.97. The van der Waals surface area contributed by atoms with E-state index < -0.39 is 0 Å². The van der Waals surface area contributed by atoms with Crippen molar-refractivity contribution in [3.8, 4) is 0 Å². The lowest BCUT2D eigenvalue weighted by molar-refractivity contribution is -0.631. The first kappa shape index (κ1) is 15.3. The molecule has 1 N–H and O–H groups in total. The fourth-order valence-corrected chi connectivity index (χ4v) is 2.33. The molecule has 102 valence electrons. The van der Waals surface area contributed by atoms with Crippen LogP contribution in [0.15, 0.2) is 52.5 Å². The third-order valence-electron chi connectivity index (χ3n) is 2.55. The summed E-state index contributed by atoms with van der Waals surface area (Å²) in [5.74, 6) is 0. The molecule has 1 heterocycles. The summed E-state index contributed by atoms with van der Waals surface area (Å²) in [5.41, 5.74) is 2.85. The molecular formula is C14H21N4S+. The number of aromatic nitrogens is 1. The van der Waals surface area contributed by atoms with E-state index in [-0.39, 0.29) is 0 Å². The second-order valence-electron chi connectivity index (χ2n) is 3.93. The molecule has 4 nitrogen and oxygen atoms in total. The Kier molecular flexibility index (Phi) is 6.15. The molecule has 0 amide bonds. The van der Waals surface area contributed by atoms with E-state index in [0.717, 1.165) is 17.2 Å². The Morgan fingerprint density at radius 1 is 1.53 bits per heavy atom. The normalized spacial score (nSPS) is 12.5. The third kappa shape index (κ3) is 4.79. The van der Waals surface area contributed by atoms with E-state index in [1.807, 2.05) is 38.3 Å². The van der Waals surface area contributed by atoms with Gasteiger partial charge in [-0.3, -0.25) is 0 Å². The van der Waals surface area contributed by atoms with E-state index in [9.17, 15) is 0 Å². The van der Waals surface area contributed by atoms with Crippen molar-refractivity contribution in [1.82, 2.24) is 5.32 Å². The van der Waals surface area contributed by atoms with Crippen molar-refractivity contribution in [2.24, 2.45) is 10.2 Å². The van der Waals surface area contributed by atoms with Crippen LogP contribution in [-0.2, 0) is 6.54 Å². The van der Waals surface area contributed by atoms with Crippen LogP contribution in [0.1, 0.15) is 19.5 Å². The zero-order chi connectivity index (χ0) is 14.3. The van der Waals surface area contributed by atoms with Gasteiger partial charge in [0, 0.05) is 25.7 Å². The molecule has 0 aromatic carbocycles. The fraction of sp³-hybridized carbons (Fsp3) is 0.357.